The highest BCUT2D eigenvalue weighted by atomic mass is 32.2. The minimum absolute atomic E-state index is 0.0176. The summed E-state index contributed by atoms with van der Waals surface area (Å²) in [6.07, 6.45) is 1.08. The van der Waals surface area contributed by atoms with Gasteiger partial charge in [0.05, 0.1) is 10.6 Å². The Labute approximate surface area is 143 Å². The van der Waals surface area contributed by atoms with Crippen LogP contribution in [0, 0.1) is 6.92 Å². The first-order valence-electron chi connectivity index (χ1n) is 8.07. The van der Waals surface area contributed by atoms with Crippen molar-refractivity contribution in [3.05, 3.63) is 65.7 Å². The standard InChI is InChI=1S/C19H23NO3S/c1-3-17(20-19(21)16-11-9-15(2)10-12-16)13-14-24(22,23)18-7-5-4-6-8-18/h4-12,17H,3,13-14H2,1-2H3,(H,20,21)/t17-/m0/s1. The first-order chi connectivity index (χ1) is 11.4. The number of benzene rings is 2. The normalized spacial score (nSPS) is 12.6. The first-order valence-corrected chi connectivity index (χ1v) is 9.73. The molecule has 2 aromatic carbocycles. The number of carbonyl (C=O) groups is 1. The molecule has 0 unspecified atom stereocenters. The smallest absolute Gasteiger partial charge is 0.251 e. The van der Waals surface area contributed by atoms with Gasteiger partial charge in [-0.15, -0.1) is 0 Å². The summed E-state index contributed by atoms with van der Waals surface area (Å²) < 4.78 is 24.7. The van der Waals surface area contributed by atoms with Crippen LogP contribution in [0.5, 0.6) is 0 Å². The van der Waals surface area contributed by atoms with E-state index in [-0.39, 0.29) is 17.7 Å². The summed E-state index contributed by atoms with van der Waals surface area (Å²) in [5, 5.41) is 2.92. The van der Waals surface area contributed by atoms with Crippen molar-refractivity contribution in [2.24, 2.45) is 0 Å². The van der Waals surface area contributed by atoms with Crippen LogP contribution in [0.1, 0.15) is 35.7 Å². The predicted molar refractivity (Wildman–Crippen MR) is 95.8 cm³/mol. The number of rotatable bonds is 7. The fourth-order valence-corrected chi connectivity index (χ4v) is 3.80. The predicted octanol–water partition coefficient (Wildman–Crippen LogP) is 3.37. The van der Waals surface area contributed by atoms with Crippen molar-refractivity contribution in [3.63, 3.8) is 0 Å². The lowest BCUT2D eigenvalue weighted by Gasteiger charge is -2.17. The lowest BCUT2D eigenvalue weighted by Crippen LogP contribution is -2.35. The van der Waals surface area contributed by atoms with Crippen molar-refractivity contribution >= 4 is 15.7 Å². The molecule has 0 radical (unpaired) electrons. The summed E-state index contributed by atoms with van der Waals surface area (Å²) in [7, 11) is -3.32. The molecule has 0 bridgehead atoms. The van der Waals surface area contributed by atoms with Crippen LogP contribution in [0.2, 0.25) is 0 Å². The van der Waals surface area contributed by atoms with Gasteiger partial charge in [0.25, 0.3) is 5.91 Å². The van der Waals surface area contributed by atoms with Gasteiger partial charge in [-0.3, -0.25) is 4.79 Å². The molecule has 2 aromatic rings. The highest BCUT2D eigenvalue weighted by molar-refractivity contribution is 7.91. The fourth-order valence-electron chi connectivity index (χ4n) is 2.40. The molecule has 0 spiro atoms. The van der Waals surface area contributed by atoms with E-state index >= 15 is 0 Å². The monoisotopic (exact) mass is 345 g/mol. The maximum atomic E-state index is 12.3. The largest absolute Gasteiger partial charge is 0.349 e. The molecule has 0 aliphatic heterocycles. The highest BCUT2D eigenvalue weighted by Gasteiger charge is 2.18. The second-order valence-corrected chi connectivity index (χ2v) is 7.97. The van der Waals surface area contributed by atoms with Crippen molar-refractivity contribution < 1.29 is 13.2 Å². The Morgan fingerprint density at radius 2 is 1.67 bits per heavy atom. The van der Waals surface area contributed by atoms with E-state index in [0.29, 0.717) is 23.3 Å². The third-order valence-electron chi connectivity index (χ3n) is 3.98. The van der Waals surface area contributed by atoms with Gasteiger partial charge in [0.2, 0.25) is 0 Å². The van der Waals surface area contributed by atoms with Gasteiger partial charge in [-0.1, -0.05) is 42.8 Å². The van der Waals surface area contributed by atoms with Gasteiger partial charge in [-0.25, -0.2) is 8.42 Å². The van der Waals surface area contributed by atoms with Crippen LogP contribution in [0.3, 0.4) is 0 Å². The molecule has 5 heteroatoms. The van der Waals surface area contributed by atoms with Crippen LogP contribution in [0.4, 0.5) is 0 Å². The molecule has 24 heavy (non-hydrogen) atoms. The molecular formula is C19H23NO3S. The molecule has 1 N–H and O–H groups in total. The van der Waals surface area contributed by atoms with E-state index in [1.165, 1.54) is 0 Å². The molecule has 2 rings (SSSR count). The zero-order chi connectivity index (χ0) is 17.6. The molecule has 0 heterocycles. The van der Waals surface area contributed by atoms with Gasteiger partial charge < -0.3 is 5.32 Å². The molecule has 0 aliphatic carbocycles. The summed E-state index contributed by atoms with van der Waals surface area (Å²) in [6.45, 7) is 3.90. The fraction of sp³-hybridized carbons (Fsp3) is 0.316. The van der Waals surface area contributed by atoms with E-state index in [1.54, 1.807) is 42.5 Å². The van der Waals surface area contributed by atoms with Crippen LogP contribution >= 0.6 is 0 Å². The summed E-state index contributed by atoms with van der Waals surface area (Å²) >= 11 is 0. The molecule has 1 atom stereocenters. The minimum atomic E-state index is -3.32. The molecule has 4 nitrogen and oxygen atoms in total. The Hall–Kier alpha value is -2.14. The molecule has 0 saturated heterocycles. The Kier molecular flexibility index (Phi) is 6.15. The van der Waals surface area contributed by atoms with Crippen LogP contribution in [-0.2, 0) is 9.84 Å². The summed E-state index contributed by atoms with van der Waals surface area (Å²) in [5.41, 5.74) is 1.68. The van der Waals surface area contributed by atoms with Crippen LogP contribution in [0.15, 0.2) is 59.5 Å². The van der Waals surface area contributed by atoms with Gasteiger partial charge in [-0.05, 0) is 44.0 Å². The molecule has 0 fully saturated rings. The SMILES string of the molecule is CC[C@@H](CCS(=O)(=O)c1ccccc1)NC(=O)c1ccc(C)cc1. The van der Waals surface area contributed by atoms with E-state index in [1.807, 2.05) is 26.0 Å². The van der Waals surface area contributed by atoms with Crippen LogP contribution in [0.25, 0.3) is 0 Å². The number of aryl methyl sites for hydroxylation is 1. The average molecular weight is 345 g/mol. The van der Waals surface area contributed by atoms with Crippen molar-refractivity contribution in [1.29, 1.82) is 0 Å². The highest BCUT2D eigenvalue weighted by Crippen LogP contribution is 2.13. The van der Waals surface area contributed by atoms with E-state index in [9.17, 15) is 13.2 Å². The maximum Gasteiger partial charge on any atom is 0.251 e. The maximum absolute atomic E-state index is 12.3. The Morgan fingerprint density at radius 1 is 1.04 bits per heavy atom. The van der Waals surface area contributed by atoms with Gasteiger partial charge in [0.1, 0.15) is 0 Å². The summed E-state index contributed by atoms with van der Waals surface area (Å²) in [5.74, 6) is -0.150. The third kappa shape index (κ3) is 4.93. The van der Waals surface area contributed by atoms with E-state index < -0.39 is 9.84 Å². The average Bonchev–Trinajstić information content (AvgIpc) is 2.59. The van der Waals surface area contributed by atoms with E-state index in [4.69, 9.17) is 0 Å². The van der Waals surface area contributed by atoms with Gasteiger partial charge in [0.15, 0.2) is 9.84 Å². The Morgan fingerprint density at radius 3 is 2.25 bits per heavy atom. The van der Waals surface area contributed by atoms with Crippen molar-refractivity contribution in [1.82, 2.24) is 5.32 Å². The minimum Gasteiger partial charge on any atom is -0.349 e. The number of hydrogen-bond acceptors (Lipinski definition) is 3. The lowest BCUT2D eigenvalue weighted by atomic mass is 10.1. The van der Waals surface area contributed by atoms with Crippen LogP contribution in [-0.4, -0.2) is 26.1 Å². The van der Waals surface area contributed by atoms with Crippen molar-refractivity contribution in [2.75, 3.05) is 5.75 Å². The van der Waals surface area contributed by atoms with Gasteiger partial charge >= 0.3 is 0 Å². The molecule has 0 aliphatic rings. The molecule has 0 saturated carbocycles. The Balaban J connectivity index is 1.97. The van der Waals surface area contributed by atoms with Crippen LogP contribution < -0.4 is 5.32 Å². The molecule has 0 aromatic heterocycles. The van der Waals surface area contributed by atoms with E-state index in [2.05, 4.69) is 5.32 Å². The molecule has 1 amide bonds. The lowest BCUT2D eigenvalue weighted by molar-refractivity contribution is 0.0935. The van der Waals surface area contributed by atoms with E-state index in [0.717, 1.165) is 5.56 Å². The topological polar surface area (TPSA) is 63.2 Å². The first kappa shape index (κ1) is 18.2. The number of amides is 1. The second kappa shape index (κ2) is 8.11. The molecule has 128 valence electrons. The Bertz CT molecular complexity index is 768. The third-order valence-corrected chi connectivity index (χ3v) is 5.74. The van der Waals surface area contributed by atoms with Gasteiger partial charge in [-0.2, -0.15) is 0 Å². The number of nitrogens with one attached hydrogen (secondary N) is 1. The zero-order valence-corrected chi connectivity index (χ0v) is 14.8. The number of hydrogen-bond donors (Lipinski definition) is 1. The van der Waals surface area contributed by atoms with Gasteiger partial charge in [0, 0.05) is 11.6 Å². The quantitative estimate of drug-likeness (QED) is 0.837. The van der Waals surface area contributed by atoms with Crippen molar-refractivity contribution in [2.45, 2.75) is 37.6 Å². The summed E-state index contributed by atoms with van der Waals surface area (Å²) in [6, 6.07) is 15.6. The number of sulfone groups is 1. The van der Waals surface area contributed by atoms with Crippen molar-refractivity contribution in [3.8, 4) is 0 Å². The second-order valence-electron chi connectivity index (χ2n) is 5.87. The zero-order valence-electron chi connectivity index (χ0n) is 14.0. The summed E-state index contributed by atoms with van der Waals surface area (Å²) in [4.78, 5) is 12.6. The number of carbonyl (C=O) groups excluding carboxylic acids is 1. The molecular weight excluding hydrogens is 322 g/mol.